The summed E-state index contributed by atoms with van der Waals surface area (Å²) in [6.45, 7) is 4.21. The van der Waals surface area contributed by atoms with Gasteiger partial charge in [-0.15, -0.1) is 0 Å². The Hall–Kier alpha value is -2.38. The van der Waals surface area contributed by atoms with Gasteiger partial charge < -0.3 is 10.2 Å². The molecule has 1 fully saturated rings. The Labute approximate surface area is 159 Å². The maximum Gasteiger partial charge on any atom is 0.243 e. The highest BCUT2D eigenvalue weighted by molar-refractivity contribution is 7.89. The van der Waals surface area contributed by atoms with Crippen LogP contribution in [0.4, 0.5) is 11.4 Å². The first-order valence-corrected chi connectivity index (χ1v) is 10.7. The number of aryl methyl sites for hydroxylation is 1. The smallest absolute Gasteiger partial charge is 0.243 e. The lowest BCUT2D eigenvalue weighted by molar-refractivity contribution is -0.115. The van der Waals surface area contributed by atoms with Crippen molar-refractivity contribution in [2.75, 3.05) is 36.4 Å². The molecule has 7 heteroatoms. The summed E-state index contributed by atoms with van der Waals surface area (Å²) in [7, 11) is -3.46. The molecule has 0 atom stereocenters. The third-order valence-electron chi connectivity index (χ3n) is 5.29. The second-order valence-corrected chi connectivity index (χ2v) is 8.89. The maximum absolute atomic E-state index is 12.9. The number of sulfonamides is 1. The molecular weight excluding hydrogens is 362 g/mol. The Morgan fingerprint density at radius 3 is 2.37 bits per heavy atom. The SMILES string of the molecule is CCc1ccc(S(=O)(=O)N2CCN(c3ccc4c(c3)CC(=O)N4)CC2)cc1. The molecule has 0 unspecified atom stereocenters. The van der Waals surface area contributed by atoms with Gasteiger partial charge in [-0.25, -0.2) is 8.42 Å². The Balaban J connectivity index is 1.45. The molecule has 2 heterocycles. The van der Waals surface area contributed by atoms with E-state index in [1.54, 1.807) is 16.4 Å². The van der Waals surface area contributed by atoms with E-state index in [-0.39, 0.29) is 5.91 Å². The zero-order valence-corrected chi connectivity index (χ0v) is 16.1. The van der Waals surface area contributed by atoms with Gasteiger partial charge in [0.25, 0.3) is 0 Å². The normalized spacial score (nSPS) is 17.7. The first-order valence-electron chi connectivity index (χ1n) is 9.24. The summed E-state index contributed by atoms with van der Waals surface area (Å²) in [6, 6.07) is 13.1. The van der Waals surface area contributed by atoms with E-state index < -0.39 is 10.0 Å². The number of carbonyl (C=O) groups excluding carboxylic acids is 1. The zero-order valence-electron chi connectivity index (χ0n) is 15.3. The molecule has 2 aromatic rings. The number of nitrogens with zero attached hydrogens (tertiary/aromatic N) is 2. The minimum atomic E-state index is -3.46. The van der Waals surface area contributed by atoms with Gasteiger partial charge in [0.2, 0.25) is 15.9 Å². The Morgan fingerprint density at radius 1 is 1.00 bits per heavy atom. The largest absolute Gasteiger partial charge is 0.369 e. The third kappa shape index (κ3) is 3.44. The predicted molar refractivity (Wildman–Crippen MR) is 106 cm³/mol. The highest BCUT2D eigenvalue weighted by Gasteiger charge is 2.29. The maximum atomic E-state index is 12.9. The molecule has 142 valence electrons. The highest BCUT2D eigenvalue weighted by atomic mass is 32.2. The van der Waals surface area contributed by atoms with Crippen molar-refractivity contribution in [1.82, 2.24) is 4.31 Å². The summed E-state index contributed by atoms with van der Waals surface area (Å²) in [5, 5.41) is 2.84. The van der Waals surface area contributed by atoms with Crippen LogP contribution in [0.1, 0.15) is 18.1 Å². The number of piperazine rings is 1. The molecule has 2 aliphatic heterocycles. The average molecular weight is 385 g/mol. The van der Waals surface area contributed by atoms with Crippen LogP contribution in [0.25, 0.3) is 0 Å². The van der Waals surface area contributed by atoms with Gasteiger partial charge in [-0.1, -0.05) is 19.1 Å². The molecular formula is C20H23N3O3S. The van der Waals surface area contributed by atoms with Crippen molar-refractivity contribution in [2.24, 2.45) is 0 Å². The molecule has 27 heavy (non-hydrogen) atoms. The molecule has 0 aliphatic carbocycles. The van der Waals surface area contributed by atoms with Gasteiger partial charge in [-0.2, -0.15) is 4.31 Å². The molecule has 1 saturated heterocycles. The predicted octanol–water partition coefficient (Wildman–Crippen LogP) is 2.25. The van der Waals surface area contributed by atoms with Crippen molar-refractivity contribution in [3.63, 3.8) is 0 Å². The molecule has 1 amide bonds. The summed E-state index contributed by atoms with van der Waals surface area (Å²) in [5.41, 5.74) is 4.04. The summed E-state index contributed by atoms with van der Waals surface area (Å²) < 4.78 is 27.3. The number of fused-ring (bicyclic) bond motifs is 1. The fourth-order valence-electron chi connectivity index (χ4n) is 3.65. The lowest BCUT2D eigenvalue weighted by atomic mass is 10.1. The van der Waals surface area contributed by atoms with Gasteiger partial charge in [0.1, 0.15) is 0 Å². The molecule has 0 spiro atoms. The van der Waals surface area contributed by atoms with Gasteiger partial charge in [0.05, 0.1) is 11.3 Å². The van der Waals surface area contributed by atoms with Crippen LogP contribution in [0.15, 0.2) is 47.4 Å². The van der Waals surface area contributed by atoms with Crippen molar-refractivity contribution in [2.45, 2.75) is 24.7 Å². The average Bonchev–Trinajstić information content (AvgIpc) is 3.07. The van der Waals surface area contributed by atoms with Crippen LogP contribution >= 0.6 is 0 Å². The number of nitrogens with one attached hydrogen (secondary N) is 1. The summed E-state index contributed by atoms with van der Waals surface area (Å²) in [4.78, 5) is 14.1. The molecule has 4 rings (SSSR count). The number of anilines is 2. The van der Waals surface area contributed by atoms with Crippen LogP contribution in [0, 0.1) is 0 Å². The second kappa shape index (κ2) is 6.98. The molecule has 0 radical (unpaired) electrons. The monoisotopic (exact) mass is 385 g/mol. The number of carbonyl (C=O) groups is 1. The zero-order chi connectivity index (χ0) is 19.0. The minimum Gasteiger partial charge on any atom is -0.369 e. The number of amides is 1. The minimum absolute atomic E-state index is 0.0205. The Bertz CT molecular complexity index is 962. The van der Waals surface area contributed by atoms with Crippen LogP contribution in [0.2, 0.25) is 0 Å². The quantitative estimate of drug-likeness (QED) is 0.876. The van der Waals surface area contributed by atoms with Crippen molar-refractivity contribution < 1.29 is 13.2 Å². The van der Waals surface area contributed by atoms with Crippen LogP contribution in [0.3, 0.4) is 0 Å². The number of benzene rings is 2. The van der Waals surface area contributed by atoms with Crippen LogP contribution in [-0.2, 0) is 27.7 Å². The van der Waals surface area contributed by atoms with Gasteiger partial charge in [0, 0.05) is 37.6 Å². The summed E-state index contributed by atoms with van der Waals surface area (Å²) in [5.74, 6) is 0.0205. The number of hydrogen-bond donors (Lipinski definition) is 1. The van der Waals surface area contributed by atoms with E-state index in [0.717, 1.165) is 28.9 Å². The van der Waals surface area contributed by atoms with Gasteiger partial charge in [-0.3, -0.25) is 4.79 Å². The molecule has 0 bridgehead atoms. The topological polar surface area (TPSA) is 69.7 Å². The molecule has 0 saturated carbocycles. The summed E-state index contributed by atoms with van der Waals surface area (Å²) >= 11 is 0. The van der Waals surface area contributed by atoms with Gasteiger partial charge >= 0.3 is 0 Å². The first kappa shape index (κ1) is 18.0. The van der Waals surface area contributed by atoms with Gasteiger partial charge in [0.15, 0.2) is 0 Å². The van der Waals surface area contributed by atoms with Crippen molar-refractivity contribution in [3.05, 3.63) is 53.6 Å². The molecule has 1 N–H and O–H groups in total. The van der Waals surface area contributed by atoms with Crippen LogP contribution in [0.5, 0.6) is 0 Å². The second-order valence-electron chi connectivity index (χ2n) is 6.96. The van der Waals surface area contributed by atoms with Gasteiger partial charge in [-0.05, 0) is 47.9 Å². The fourth-order valence-corrected chi connectivity index (χ4v) is 5.07. The lowest BCUT2D eigenvalue weighted by Gasteiger charge is -2.35. The van der Waals surface area contributed by atoms with Crippen molar-refractivity contribution in [3.8, 4) is 0 Å². The first-order chi connectivity index (χ1) is 13.0. The molecule has 6 nitrogen and oxygen atoms in total. The van der Waals surface area contributed by atoms with E-state index in [1.807, 2.05) is 37.3 Å². The van der Waals surface area contributed by atoms with E-state index >= 15 is 0 Å². The van der Waals surface area contributed by atoms with Crippen LogP contribution in [-0.4, -0.2) is 44.8 Å². The standard InChI is InChI=1S/C20H23N3O3S/c1-2-15-3-6-18(7-4-15)27(25,26)23-11-9-22(10-12-23)17-5-8-19-16(13-17)14-20(24)21-19/h3-8,13H,2,9-12,14H2,1H3,(H,21,24). The molecule has 2 aromatic carbocycles. The highest BCUT2D eigenvalue weighted by Crippen LogP contribution is 2.29. The summed E-state index contributed by atoms with van der Waals surface area (Å²) in [6.07, 6.45) is 1.30. The van der Waals surface area contributed by atoms with E-state index in [9.17, 15) is 13.2 Å². The Morgan fingerprint density at radius 2 is 1.70 bits per heavy atom. The number of rotatable bonds is 4. The van der Waals surface area contributed by atoms with Crippen LogP contribution < -0.4 is 10.2 Å². The van der Waals surface area contributed by atoms with E-state index in [1.165, 1.54) is 0 Å². The van der Waals surface area contributed by atoms with E-state index in [4.69, 9.17) is 0 Å². The molecule has 2 aliphatic rings. The fraction of sp³-hybridized carbons (Fsp3) is 0.350. The van der Waals surface area contributed by atoms with Crippen molar-refractivity contribution in [1.29, 1.82) is 0 Å². The van der Waals surface area contributed by atoms with Crippen molar-refractivity contribution >= 4 is 27.3 Å². The number of hydrogen-bond acceptors (Lipinski definition) is 4. The third-order valence-corrected chi connectivity index (χ3v) is 7.20. The Kier molecular flexibility index (Phi) is 4.65. The van der Waals surface area contributed by atoms with E-state index in [2.05, 4.69) is 10.2 Å². The lowest BCUT2D eigenvalue weighted by Crippen LogP contribution is -2.48. The van der Waals surface area contributed by atoms with E-state index in [0.29, 0.717) is 37.5 Å². The molecule has 0 aromatic heterocycles.